The number of carbonyl (C=O) groups is 1. The molecule has 1 heterocycles. The van der Waals surface area contributed by atoms with Crippen molar-refractivity contribution < 1.29 is 14.3 Å². The van der Waals surface area contributed by atoms with E-state index >= 15 is 0 Å². The summed E-state index contributed by atoms with van der Waals surface area (Å²) in [5.74, 6) is -0.390. The lowest BCUT2D eigenvalue weighted by Crippen LogP contribution is -2.52. The molecule has 7 heteroatoms. The van der Waals surface area contributed by atoms with E-state index in [1.807, 2.05) is 6.92 Å². The minimum absolute atomic E-state index is 0.136. The zero-order valence-electron chi connectivity index (χ0n) is 13.9. The third-order valence-electron chi connectivity index (χ3n) is 3.81. The number of aliphatic hydroxyl groups excluding tert-OH is 1. The van der Waals surface area contributed by atoms with Gasteiger partial charge in [-0.15, -0.1) is 0 Å². The predicted octanol–water partition coefficient (Wildman–Crippen LogP) is 2.36. The number of hydrogen-bond acceptors (Lipinski definition) is 3. The zero-order chi connectivity index (χ0) is 17.6. The van der Waals surface area contributed by atoms with Crippen LogP contribution < -0.4 is 10.6 Å². The Morgan fingerprint density at radius 2 is 2.25 bits per heavy atom. The van der Waals surface area contributed by atoms with Crippen LogP contribution in [0.2, 0.25) is 0 Å². The summed E-state index contributed by atoms with van der Waals surface area (Å²) in [6, 6.07) is 4.38. The first-order valence-electron chi connectivity index (χ1n) is 7.91. The Morgan fingerprint density at radius 3 is 2.83 bits per heavy atom. The molecule has 2 rings (SSSR count). The number of hydrogen-bond donors (Lipinski definition) is 3. The molecular formula is C17H23FN4O2. The number of halogens is 1. The normalized spacial score (nSPS) is 13.3. The van der Waals surface area contributed by atoms with Gasteiger partial charge in [0.2, 0.25) is 0 Å². The number of benzene rings is 1. The van der Waals surface area contributed by atoms with E-state index in [-0.39, 0.29) is 25.0 Å². The van der Waals surface area contributed by atoms with Gasteiger partial charge in [-0.2, -0.15) is 0 Å². The van der Waals surface area contributed by atoms with Crippen LogP contribution in [0.4, 0.5) is 9.18 Å². The van der Waals surface area contributed by atoms with Gasteiger partial charge in [0.15, 0.2) is 0 Å². The average molecular weight is 334 g/mol. The maximum absolute atomic E-state index is 14.2. The van der Waals surface area contributed by atoms with E-state index in [1.54, 1.807) is 36.0 Å². The van der Waals surface area contributed by atoms with Crippen LogP contribution in [-0.2, 0) is 6.54 Å². The van der Waals surface area contributed by atoms with Gasteiger partial charge in [-0.3, -0.25) is 0 Å². The molecule has 0 spiro atoms. The molecular weight excluding hydrogens is 311 g/mol. The van der Waals surface area contributed by atoms with Crippen molar-refractivity contribution in [2.24, 2.45) is 0 Å². The molecule has 0 aliphatic carbocycles. The van der Waals surface area contributed by atoms with E-state index in [0.29, 0.717) is 17.7 Å². The van der Waals surface area contributed by atoms with Crippen molar-refractivity contribution in [1.29, 1.82) is 0 Å². The molecule has 3 N–H and O–H groups in total. The highest BCUT2D eigenvalue weighted by Gasteiger charge is 2.24. The number of aliphatic hydroxyl groups is 1. The fraction of sp³-hybridized carbons (Fsp3) is 0.412. The molecule has 0 aliphatic heterocycles. The number of rotatable bonds is 7. The Bertz CT molecular complexity index is 675. The van der Waals surface area contributed by atoms with Crippen molar-refractivity contribution in [1.82, 2.24) is 20.2 Å². The lowest BCUT2D eigenvalue weighted by Gasteiger charge is -2.28. The first kappa shape index (κ1) is 17.9. The summed E-state index contributed by atoms with van der Waals surface area (Å²) in [6.07, 6.45) is 6.28. The summed E-state index contributed by atoms with van der Waals surface area (Å²) in [5, 5.41) is 14.8. The quantitative estimate of drug-likeness (QED) is 0.727. The maximum atomic E-state index is 14.2. The molecule has 0 saturated heterocycles. The van der Waals surface area contributed by atoms with Crippen LogP contribution >= 0.6 is 0 Å². The van der Waals surface area contributed by atoms with Gasteiger partial charge in [0, 0.05) is 18.9 Å². The smallest absolute Gasteiger partial charge is 0.315 e. The first-order valence-corrected chi connectivity index (χ1v) is 7.91. The molecule has 1 aromatic heterocycles. The van der Waals surface area contributed by atoms with Crippen molar-refractivity contribution in [3.8, 4) is 5.69 Å². The second kappa shape index (κ2) is 7.92. The van der Waals surface area contributed by atoms with E-state index in [4.69, 9.17) is 0 Å². The largest absolute Gasteiger partial charge is 0.394 e. The third-order valence-corrected chi connectivity index (χ3v) is 3.81. The molecule has 1 unspecified atom stereocenters. The van der Waals surface area contributed by atoms with E-state index in [1.165, 1.54) is 12.4 Å². The minimum atomic E-state index is -0.657. The Labute approximate surface area is 140 Å². The third kappa shape index (κ3) is 4.55. The number of urea groups is 1. The van der Waals surface area contributed by atoms with E-state index in [2.05, 4.69) is 15.6 Å². The van der Waals surface area contributed by atoms with Crippen LogP contribution in [0.3, 0.4) is 0 Å². The first-order chi connectivity index (χ1) is 11.5. The number of carbonyl (C=O) groups excluding carboxylic acids is 1. The Morgan fingerprint density at radius 1 is 1.46 bits per heavy atom. The van der Waals surface area contributed by atoms with Crippen molar-refractivity contribution in [3.05, 3.63) is 48.3 Å². The van der Waals surface area contributed by atoms with Gasteiger partial charge >= 0.3 is 6.03 Å². The number of nitrogens with one attached hydrogen (secondary N) is 2. The Kier molecular flexibility index (Phi) is 5.92. The molecule has 0 saturated carbocycles. The van der Waals surface area contributed by atoms with Gasteiger partial charge in [-0.05, 0) is 31.0 Å². The van der Waals surface area contributed by atoms with Crippen molar-refractivity contribution in [2.45, 2.75) is 38.8 Å². The average Bonchev–Trinajstić information content (AvgIpc) is 3.07. The SMILES string of the molecule is CCCC(C)(CO)NC(=O)NCc1ccc(-n2ccnc2)c(F)c1. The molecule has 0 fully saturated rings. The van der Waals surface area contributed by atoms with Crippen LogP contribution in [0.1, 0.15) is 32.3 Å². The van der Waals surface area contributed by atoms with Gasteiger partial charge in [0.1, 0.15) is 5.82 Å². The topological polar surface area (TPSA) is 79.2 Å². The van der Waals surface area contributed by atoms with Crippen molar-refractivity contribution in [2.75, 3.05) is 6.61 Å². The van der Waals surface area contributed by atoms with Gasteiger partial charge < -0.3 is 20.3 Å². The predicted molar refractivity (Wildman–Crippen MR) is 89.3 cm³/mol. The van der Waals surface area contributed by atoms with Crippen LogP contribution in [0.15, 0.2) is 36.9 Å². The van der Waals surface area contributed by atoms with Crippen molar-refractivity contribution in [3.63, 3.8) is 0 Å². The summed E-state index contributed by atoms with van der Waals surface area (Å²) in [5.41, 5.74) is 0.388. The summed E-state index contributed by atoms with van der Waals surface area (Å²) in [6.45, 7) is 3.83. The van der Waals surface area contributed by atoms with Crippen LogP contribution in [-0.4, -0.2) is 32.8 Å². The number of nitrogens with zero attached hydrogens (tertiary/aromatic N) is 2. The monoisotopic (exact) mass is 334 g/mol. The highest BCUT2D eigenvalue weighted by molar-refractivity contribution is 5.74. The summed E-state index contributed by atoms with van der Waals surface area (Å²) < 4.78 is 15.7. The fourth-order valence-electron chi connectivity index (χ4n) is 2.50. The molecule has 0 bridgehead atoms. The zero-order valence-corrected chi connectivity index (χ0v) is 13.9. The number of aromatic nitrogens is 2. The van der Waals surface area contributed by atoms with E-state index < -0.39 is 5.54 Å². The molecule has 0 aliphatic rings. The van der Waals surface area contributed by atoms with E-state index in [0.717, 1.165) is 6.42 Å². The fourth-order valence-corrected chi connectivity index (χ4v) is 2.50. The van der Waals surface area contributed by atoms with Crippen molar-refractivity contribution >= 4 is 6.03 Å². The standard InChI is InChI=1S/C17H23FN4O2/c1-3-6-17(2,11-23)21-16(24)20-10-13-4-5-15(14(18)9-13)22-8-7-19-12-22/h4-5,7-9,12,23H,3,6,10-11H2,1-2H3,(H2,20,21,24). The van der Waals surface area contributed by atoms with Crippen LogP contribution in [0, 0.1) is 5.82 Å². The highest BCUT2D eigenvalue weighted by Crippen LogP contribution is 2.15. The molecule has 24 heavy (non-hydrogen) atoms. The number of amides is 2. The number of imidazole rings is 1. The lowest BCUT2D eigenvalue weighted by atomic mass is 9.98. The van der Waals surface area contributed by atoms with Crippen LogP contribution in [0.5, 0.6) is 0 Å². The molecule has 1 atom stereocenters. The minimum Gasteiger partial charge on any atom is -0.394 e. The van der Waals surface area contributed by atoms with Gasteiger partial charge in [-0.1, -0.05) is 19.4 Å². The molecule has 130 valence electrons. The van der Waals surface area contributed by atoms with E-state index in [9.17, 15) is 14.3 Å². The summed E-state index contributed by atoms with van der Waals surface area (Å²) in [4.78, 5) is 15.9. The maximum Gasteiger partial charge on any atom is 0.315 e. The second-order valence-electron chi connectivity index (χ2n) is 6.03. The second-order valence-corrected chi connectivity index (χ2v) is 6.03. The Balaban J connectivity index is 1.95. The molecule has 1 aromatic carbocycles. The Hall–Kier alpha value is -2.41. The van der Waals surface area contributed by atoms with Gasteiger partial charge in [-0.25, -0.2) is 14.2 Å². The summed E-state index contributed by atoms with van der Waals surface area (Å²) in [7, 11) is 0. The molecule has 0 radical (unpaired) electrons. The lowest BCUT2D eigenvalue weighted by molar-refractivity contribution is 0.163. The molecule has 2 amide bonds. The van der Waals surface area contributed by atoms with Gasteiger partial charge in [0.25, 0.3) is 0 Å². The molecule has 6 nitrogen and oxygen atoms in total. The highest BCUT2D eigenvalue weighted by atomic mass is 19.1. The van der Waals surface area contributed by atoms with Crippen LogP contribution in [0.25, 0.3) is 5.69 Å². The summed E-state index contributed by atoms with van der Waals surface area (Å²) >= 11 is 0. The van der Waals surface area contributed by atoms with Gasteiger partial charge in [0.05, 0.1) is 24.2 Å². The molecule has 2 aromatic rings.